The SMILES string of the molecule is Cc1ccc2oc3c(c(=O)c2c1)[C@@H](c1ccc(C(C)(C)C)cc1)N(c1ccccn1)C3=O. The number of hydrogen-bond acceptors (Lipinski definition) is 4. The number of aromatic nitrogens is 1. The number of carbonyl (C=O) groups is 1. The Balaban J connectivity index is 1.77. The van der Waals surface area contributed by atoms with Gasteiger partial charge in [0.1, 0.15) is 11.4 Å². The van der Waals surface area contributed by atoms with E-state index in [1.54, 1.807) is 29.3 Å². The molecular weight excluding hydrogens is 400 g/mol. The molecule has 0 fully saturated rings. The van der Waals surface area contributed by atoms with E-state index in [-0.39, 0.29) is 22.5 Å². The van der Waals surface area contributed by atoms with Gasteiger partial charge in [0.2, 0.25) is 5.76 Å². The van der Waals surface area contributed by atoms with Gasteiger partial charge in [0, 0.05) is 6.20 Å². The van der Waals surface area contributed by atoms with Gasteiger partial charge in [-0.3, -0.25) is 14.5 Å². The number of nitrogens with zero attached hydrogens (tertiary/aromatic N) is 2. The Hall–Kier alpha value is -3.73. The van der Waals surface area contributed by atoms with Crippen molar-refractivity contribution in [1.29, 1.82) is 0 Å². The van der Waals surface area contributed by atoms with E-state index in [2.05, 4.69) is 37.9 Å². The highest BCUT2D eigenvalue weighted by molar-refractivity contribution is 6.10. The number of pyridine rings is 1. The van der Waals surface area contributed by atoms with E-state index in [4.69, 9.17) is 4.42 Å². The van der Waals surface area contributed by atoms with Crippen molar-refractivity contribution in [2.75, 3.05) is 4.90 Å². The summed E-state index contributed by atoms with van der Waals surface area (Å²) >= 11 is 0. The maximum absolute atomic E-state index is 13.6. The first-order chi connectivity index (χ1) is 15.3. The van der Waals surface area contributed by atoms with Gasteiger partial charge in [0.25, 0.3) is 5.91 Å². The molecule has 0 spiro atoms. The molecule has 1 atom stereocenters. The van der Waals surface area contributed by atoms with E-state index in [0.29, 0.717) is 22.4 Å². The van der Waals surface area contributed by atoms with Crippen LogP contribution < -0.4 is 10.3 Å². The third-order valence-corrected chi connectivity index (χ3v) is 6.01. The fourth-order valence-corrected chi connectivity index (χ4v) is 4.30. The number of amides is 1. The molecule has 0 saturated heterocycles. The molecule has 0 aliphatic carbocycles. The zero-order chi connectivity index (χ0) is 22.6. The third kappa shape index (κ3) is 3.12. The molecule has 5 rings (SSSR count). The minimum absolute atomic E-state index is 0.00460. The van der Waals surface area contributed by atoms with Crippen LogP contribution in [0.1, 0.15) is 59.6 Å². The van der Waals surface area contributed by atoms with Crippen molar-refractivity contribution in [3.8, 4) is 0 Å². The van der Waals surface area contributed by atoms with E-state index in [0.717, 1.165) is 11.1 Å². The molecule has 1 aliphatic rings. The highest BCUT2D eigenvalue weighted by Gasteiger charge is 2.44. The lowest BCUT2D eigenvalue weighted by Gasteiger charge is -2.25. The third-order valence-electron chi connectivity index (χ3n) is 6.01. The van der Waals surface area contributed by atoms with Gasteiger partial charge in [-0.15, -0.1) is 0 Å². The Bertz CT molecular complexity index is 1400. The second kappa shape index (κ2) is 7.16. The minimum Gasteiger partial charge on any atom is -0.450 e. The topological polar surface area (TPSA) is 63.4 Å². The predicted molar refractivity (Wildman–Crippen MR) is 125 cm³/mol. The number of hydrogen-bond donors (Lipinski definition) is 0. The van der Waals surface area contributed by atoms with Crippen LogP contribution in [0.25, 0.3) is 11.0 Å². The Kier molecular flexibility index (Phi) is 4.52. The summed E-state index contributed by atoms with van der Waals surface area (Å²) in [4.78, 5) is 33.1. The number of carbonyl (C=O) groups excluding carboxylic acids is 1. The number of fused-ring (bicyclic) bond motifs is 2. The normalized spacial score (nSPS) is 15.9. The maximum Gasteiger partial charge on any atom is 0.296 e. The summed E-state index contributed by atoms with van der Waals surface area (Å²) in [5.74, 6) is 0.207. The number of anilines is 1. The molecule has 0 saturated carbocycles. The fraction of sp³-hybridized carbons (Fsp3) is 0.222. The van der Waals surface area contributed by atoms with E-state index < -0.39 is 6.04 Å². The van der Waals surface area contributed by atoms with Gasteiger partial charge in [-0.25, -0.2) is 4.98 Å². The average Bonchev–Trinajstić information content (AvgIpc) is 3.07. The fourth-order valence-electron chi connectivity index (χ4n) is 4.30. The molecule has 5 heteroatoms. The zero-order valence-corrected chi connectivity index (χ0v) is 18.5. The second-order valence-electron chi connectivity index (χ2n) is 9.31. The first kappa shape index (κ1) is 20.2. The van der Waals surface area contributed by atoms with Crippen molar-refractivity contribution in [1.82, 2.24) is 4.98 Å². The molecule has 1 aliphatic heterocycles. The summed E-state index contributed by atoms with van der Waals surface area (Å²) in [6.45, 7) is 8.39. The molecule has 5 nitrogen and oxygen atoms in total. The average molecular weight is 425 g/mol. The van der Waals surface area contributed by atoms with Crippen molar-refractivity contribution >= 4 is 22.7 Å². The molecular formula is C27H24N2O3. The van der Waals surface area contributed by atoms with Gasteiger partial charge >= 0.3 is 0 Å². The second-order valence-corrected chi connectivity index (χ2v) is 9.31. The van der Waals surface area contributed by atoms with Crippen molar-refractivity contribution in [2.24, 2.45) is 0 Å². The van der Waals surface area contributed by atoms with Crippen molar-refractivity contribution in [2.45, 2.75) is 39.2 Å². The van der Waals surface area contributed by atoms with Gasteiger partial charge in [-0.2, -0.15) is 0 Å². The van der Waals surface area contributed by atoms with Crippen LogP contribution in [0, 0.1) is 6.92 Å². The maximum atomic E-state index is 13.6. The van der Waals surface area contributed by atoms with E-state index in [1.807, 2.05) is 37.3 Å². The molecule has 32 heavy (non-hydrogen) atoms. The quantitative estimate of drug-likeness (QED) is 0.424. The summed E-state index contributed by atoms with van der Waals surface area (Å²) in [5, 5.41) is 0.482. The summed E-state index contributed by atoms with van der Waals surface area (Å²) in [7, 11) is 0. The van der Waals surface area contributed by atoms with Crippen molar-refractivity contribution in [3.05, 3.63) is 105 Å². The Labute approximate surface area is 186 Å². The van der Waals surface area contributed by atoms with Crippen molar-refractivity contribution in [3.63, 3.8) is 0 Å². The molecule has 1 amide bonds. The lowest BCUT2D eigenvalue weighted by Crippen LogP contribution is -2.30. The van der Waals surface area contributed by atoms with Crippen LogP contribution in [0.2, 0.25) is 0 Å². The summed E-state index contributed by atoms with van der Waals surface area (Å²) in [5.41, 5.74) is 3.57. The minimum atomic E-state index is -0.609. The van der Waals surface area contributed by atoms with Crippen LogP contribution in [-0.2, 0) is 5.41 Å². The molecule has 0 N–H and O–H groups in total. The monoisotopic (exact) mass is 424 g/mol. The molecule has 3 heterocycles. The molecule has 0 bridgehead atoms. The van der Waals surface area contributed by atoms with Crippen LogP contribution in [0.5, 0.6) is 0 Å². The summed E-state index contributed by atoms with van der Waals surface area (Å²) in [6, 6.07) is 18.3. The molecule has 0 radical (unpaired) electrons. The molecule has 4 aromatic rings. The van der Waals surface area contributed by atoms with Gasteiger partial charge in [-0.05, 0) is 47.7 Å². The Morgan fingerprint density at radius 2 is 1.72 bits per heavy atom. The highest BCUT2D eigenvalue weighted by atomic mass is 16.3. The van der Waals surface area contributed by atoms with Crippen LogP contribution in [-0.4, -0.2) is 10.9 Å². The molecule has 160 valence electrons. The first-order valence-corrected chi connectivity index (χ1v) is 10.7. The van der Waals surface area contributed by atoms with E-state index >= 15 is 0 Å². The van der Waals surface area contributed by atoms with E-state index in [1.165, 1.54) is 5.56 Å². The smallest absolute Gasteiger partial charge is 0.296 e. The van der Waals surface area contributed by atoms with Gasteiger partial charge in [-0.1, -0.05) is 62.7 Å². The van der Waals surface area contributed by atoms with Gasteiger partial charge < -0.3 is 4.42 Å². The lowest BCUT2D eigenvalue weighted by molar-refractivity contribution is 0.0970. The van der Waals surface area contributed by atoms with Crippen LogP contribution in [0.3, 0.4) is 0 Å². The largest absolute Gasteiger partial charge is 0.450 e. The lowest BCUT2D eigenvalue weighted by atomic mass is 9.86. The standard InChI is InChI=1S/C27H24N2O3/c1-16-8-13-20-19(15-16)24(30)22-23(17-9-11-18(12-10-17)27(2,3)4)29(26(31)25(22)32-20)21-7-5-6-14-28-21/h5-15,23H,1-4H3/t23-/m1/s1. The van der Waals surface area contributed by atoms with Crippen molar-refractivity contribution < 1.29 is 9.21 Å². The van der Waals surface area contributed by atoms with Gasteiger partial charge in [0.15, 0.2) is 5.43 Å². The van der Waals surface area contributed by atoms with Gasteiger partial charge in [0.05, 0.1) is 17.0 Å². The number of benzene rings is 2. The number of aryl methyl sites for hydroxylation is 1. The van der Waals surface area contributed by atoms with Crippen LogP contribution >= 0.6 is 0 Å². The molecule has 2 aromatic carbocycles. The van der Waals surface area contributed by atoms with Crippen LogP contribution in [0.15, 0.2) is 76.1 Å². The van der Waals surface area contributed by atoms with Crippen LogP contribution in [0.4, 0.5) is 5.82 Å². The Morgan fingerprint density at radius 3 is 2.38 bits per heavy atom. The Morgan fingerprint density at radius 1 is 0.969 bits per heavy atom. The molecule has 0 unspecified atom stereocenters. The molecule has 2 aromatic heterocycles. The van der Waals surface area contributed by atoms with E-state index in [9.17, 15) is 9.59 Å². The summed E-state index contributed by atoms with van der Waals surface area (Å²) < 4.78 is 6.01. The predicted octanol–water partition coefficient (Wildman–Crippen LogP) is 5.54. The summed E-state index contributed by atoms with van der Waals surface area (Å²) in [6.07, 6.45) is 1.64. The number of rotatable bonds is 2. The zero-order valence-electron chi connectivity index (χ0n) is 18.5. The highest BCUT2D eigenvalue weighted by Crippen LogP contribution is 2.41. The first-order valence-electron chi connectivity index (χ1n) is 10.7.